The Morgan fingerprint density at radius 2 is 1.82 bits per heavy atom. The highest BCUT2D eigenvalue weighted by atomic mass is 79.9. The highest BCUT2D eigenvalue weighted by Crippen LogP contribution is 2.43. The number of ether oxygens (including phenoxy) is 3. The fourth-order valence-electron chi connectivity index (χ4n) is 3.85. The van der Waals surface area contributed by atoms with Gasteiger partial charge in [-0.3, -0.25) is 14.7 Å². The van der Waals surface area contributed by atoms with Crippen molar-refractivity contribution in [1.82, 2.24) is 14.8 Å². The normalized spacial score (nSPS) is 11.7. The summed E-state index contributed by atoms with van der Waals surface area (Å²) in [6.45, 7) is 4.13. The Balaban J connectivity index is 1.62. The molecular formula is C27H26BrFN4O5S. The van der Waals surface area contributed by atoms with E-state index in [0.717, 1.165) is 17.0 Å². The van der Waals surface area contributed by atoms with Gasteiger partial charge in [0.05, 0.1) is 18.2 Å². The average Bonchev–Trinajstić information content (AvgIpc) is 3.28. The van der Waals surface area contributed by atoms with Gasteiger partial charge in [-0.1, -0.05) is 23.9 Å². The van der Waals surface area contributed by atoms with Gasteiger partial charge in [0.25, 0.3) is 0 Å². The minimum atomic E-state index is -0.610. The van der Waals surface area contributed by atoms with Crippen molar-refractivity contribution < 1.29 is 23.5 Å². The molecule has 0 saturated carbocycles. The van der Waals surface area contributed by atoms with Crippen LogP contribution in [0, 0.1) is 22.9 Å². The van der Waals surface area contributed by atoms with Crippen LogP contribution in [-0.2, 0) is 6.61 Å². The summed E-state index contributed by atoms with van der Waals surface area (Å²) in [5.74, 6) is 1.89. The third kappa shape index (κ3) is 7.07. The molecule has 0 fully saturated rings. The number of aryl methyl sites for hydroxylation is 1. The van der Waals surface area contributed by atoms with Crippen LogP contribution in [0.3, 0.4) is 0 Å². The molecule has 4 aromatic rings. The highest BCUT2D eigenvalue weighted by Gasteiger charge is 2.26. The zero-order valence-corrected chi connectivity index (χ0v) is 23.9. The van der Waals surface area contributed by atoms with Gasteiger partial charge in [-0.15, -0.1) is 10.2 Å². The monoisotopic (exact) mass is 616 g/mol. The number of halogens is 2. The first kappa shape index (κ1) is 28.4. The van der Waals surface area contributed by atoms with Crippen LogP contribution < -0.4 is 14.2 Å². The summed E-state index contributed by atoms with van der Waals surface area (Å²) in [6, 6.07) is 17.0. The molecule has 0 N–H and O–H groups in total. The van der Waals surface area contributed by atoms with Gasteiger partial charge in [-0.05, 0) is 89.4 Å². The van der Waals surface area contributed by atoms with Gasteiger partial charge < -0.3 is 14.2 Å². The number of methoxy groups -OCH3 is 1. The SMILES string of the molecule is CCOc1ccc(-n2c(C)nnc2S[C@@H](C[N+](=O)[O-])c2cc(Br)c(OCc3ccc(F)cc3)c(OC)c2)cc1. The summed E-state index contributed by atoms with van der Waals surface area (Å²) in [6.07, 6.45) is 0. The standard InChI is InChI=1S/C27H26BrFN4O5S/c1-4-37-22-11-9-21(10-12-22)33-17(2)30-31-27(33)39-25(15-32(34)35)19-13-23(28)26(24(14-19)36-3)38-16-18-5-7-20(29)8-6-18/h5-14,25H,4,15-16H2,1-3H3/t25-/m0/s1. The molecule has 1 heterocycles. The van der Waals surface area contributed by atoms with Crippen LogP contribution in [0.2, 0.25) is 0 Å². The van der Waals surface area contributed by atoms with Crippen LogP contribution in [0.15, 0.2) is 70.3 Å². The third-order valence-corrected chi connectivity index (χ3v) is 7.45. The predicted molar refractivity (Wildman–Crippen MR) is 149 cm³/mol. The summed E-state index contributed by atoms with van der Waals surface area (Å²) < 4.78 is 32.7. The van der Waals surface area contributed by atoms with Gasteiger partial charge in [0.1, 0.15) is 29.2 Å². The first-order valence-corrected chi connectivity index (χ1v) is 13.6. The second-order valence-corrected chi connectivity index (χ2v) is 10.4. The van der Waals surface area contributed by atoms with Gasteiger partial charge in [-0.2, -0.15) is 0 Å². The minimum Gasteiger partial charge on any atom is -0.494 e. The molecule has 39 heavy (non-hydrogen) atoms. The molecular weight excluding hydrogens is 591 g/mol. The summed E-state index contributed by atoms with van der Waals surface area (Å²) in [5, 5.41) is 20.1. The molecule has 204 valence electrons. The van der Waals surface area contributed by atoms with Crippen LogP contribution in [0.25, 0.3) is 5.69 Å². The van der Waals surface area contributed by atoms with E-state index in [0.29, 0.717) is 39.1 Å². The topological polar surface area (TPSA) is 102 Å². The molecule has 12 heteroatoms. The molecule has 1 atom stereocenters. The number of benzene rings is 3. The number of nitrogens with zero attached hydrogens (tertiary/aromatic N) is 4. The second kappa shape index (κ2) is 12.9. The number of rotatable bonds is 12. The smallest absolute Gasteiger partial charge is 0.220 e. The maximum atomic E-state index is 13.2. The molecule has 0 spiro atoms. The maximum absolute atomic E-state index is 13.2. The predicted octanol–water partition coefficient (Wildman–Crippen LogP) is 6.57. The van der Waals surface area contributed by atoms with Crippen molar-refractivity contribution in [2.45, 2.75) is 30.9 Å². The van der Waals surface area contributed by atoms with Gasteiger partial charge >= 0.3 is 0 Å². The van der Waals surface area contributed by atoms with Crippen LogP contribution in [0.4, 0.5) is 4.39 Å². The van der Waals surface area contributed by atoms with Crippen molar-refractivity contribution in [2.75, 3.05) is 20.3 Å². The van der Waals surface area contributed by atoms with Gasteiger partial charge in [0.15, 0.2) is 16.7 Å². The van der Waals surface area contributed by atoms with Crippen molar-refractivity contribution >= 4 is 27.7 Å². The quantitative estimate of drug-likeness (QED) is 0.1000. The zero-order chi connectivity index (χ0) is 27.9. The van der Waals surface area contributed by atoms with E-state index in [-0.39, 0.29) is 23.9 Å². The molecule has 0 unspecified atom stereocenters. The molecule has 0 aliphatic rings. The average molecular weight is 617 g/mol. The van der Waals surface area contributed by atoms with Crippen molar-refractivity contribution in [3.8, 4) is 22.9 Å². The number of aromatic nitrogens is 3. The zero-order valence-electron chi connectivity index (χ0n) is 21.5. The van der Waals surface area contributed by atoms with E-state index in [1.165, 1.54) is 31.0 Å². The minimum absolute atomic E-state index is 0.187. The van der Waals surface area contributed by atoms with Crippen molar-refractivity contribution in [3.63, 3.8) is 0 Å². The van der Waals surface area contributed by atoms with E-state index >= 15 is 0 Å². The van der Waals surface area contributed by atoms with Crippen LogP contribution in [0.5, 0.6) is 17.2 Å². The largest absolute Gasteiger partial charge is 0.494 e. The summed E-state index contributed by atoms with van der Waals surface area (Å²) >= 11 is 4.77. The van der Waals surface area contributed by atoms with E-state index in [1.807, 2.05) is 42.7 Å². The van der Waals surface area contributed by atoms with Crippen LogP contribution in [-0.4, -0.2) is 39.9 Å². The molecule has 0 saturated heterocycles. The lowest BCUT2D eigenvalue weighted by atomic mass is 10.1. The lowest BCUT2D eigenvalue weighted by Crippen LogP contribution is -2.12. The Hall–Kier alpha value is -3.64. The van der Waals surface area contributed by atoms with E-state index < -0.39 is 5.25 Å². The molecule has 0 aliphatic carbocycles. The van der Waals surface area contributed by atoms with E-state index in [9.17, 15) is 14.5 Å². The van der Waals surface area contributed by atoms with Gasteiger partial charge in [0.2, 0.25) is 6.54 Å². The number of hydrogen-bond acceptors (Lipinski definition) is 8. The summed E-state index contributed by atoms with van der Waals surface area (Å²) in [7, 11) is 1.50. The molecule has 0 radical (unpaired) electrons. The molecule has 0 bridgehead atoms. The Labute approximate surface area is 237 Å². The van der Waals surface area contributed by atoms with Crippen molar-refractivity contribution in [3.05, 3.63) is 98.0 Å². The number of hydrogen-bond donors (Lipinski definition) is 0. The molecule has 1 aromatic heterocycles. The summed E-state index contributed by atoms with van der Waals surface area (Å²) in [5.41, 5.74) is 2.24. The molecule has 0 amide bonds. The number of nitro groups is 1. The summed E-state index contributed by atoms with van der Waals surface area (Å²) in [4.78, 5) is 11.3. The Morgan fingerprint density at radius 3 is 2.46 bits per heavy atom. The van der Waals surface area contributed by atoms with Gasteiger partial charge in [-0.25, -0.2) is 4.39 Å². The fourth-order valence-corrected chi connectivity index (χ4v) is 5.58. The first-order chi connectivity index (χ1) is 18.8. The second-order valence-electron chi connectivity index (χ2n) is 8.36. The van der Waals surface area contributed by atoms with E-state index in [1.54, 1.807) is 24.3 Å². The molecule has 4 rings (SSSR count). The first-order valence-electron chi connectivity index (χ1n) is 12.0. The molecule has 3 aromatic carbocycles. The highest BCUT2D eigenvalue weighted by molar-refractivity contribution is 9.10. The van der Waals surface area contributed by atoms with Crippen molar-refractivity contribution in [2.24, 2.45) is 0 Å². The van der Waals surface area contributed by atoms with E-state index in [4.69, 9.17) is 14.2 Å². The molecule has 0 aliphatic heterocycles. The Bertz CT molecular complexity index is 1430. The van der Waals surface area contributed by atoms with Crippen LogP contribution in [0.1, 0.15) is 29.1 Å². The fraction of sp³-hybridized carbons (Fsp3) is 0.259. The maximum Gasteiger partial charge on any atom is 0.220 e. The third-order valence-electron chi connectivity index (χ3n) is 5.68. The van der Waals surface area contributed by atoms with Crippen LogP contribution >= 0.6 is 27.7 Å². The molecule has 9 nitrogen and oxygen atoms in total. The Morgan fingerprint density at radius 1 is 1.10 bits per heavy atom. The van der Waals surface area contributed by atoms with Crippen molar-refractivity contribution in [1.29, 1.82) is 0 Å². The number of thioether (sulfide) groups is 1. The van der Waals surface area contributed by atoms with E-state index in [2.05, 4.69) is 26.1 Å². The Kier molecular flexibility index (Phi) is 9.41. The van der Waals surface area contributed by atoms with Gasteiger partial charge in [0, 0.05) is 10.6 Å². The lowest BCUT2D eigenvalue weighted by Gasteiger charge is -2.18. The lowest BCUT2D eigenvalue weighted by molar-refractivity contribution is -0.479.